The third-order valence-electron chi connectivity index (χ3n) is 2.13. The van der Waals surface area contributed by atoms with Gasteiger partial charge in [-0.25, -0.2) is 0 Å². The van der Waals surface area contributed by atoms with Gasteiger partial charge in [0.15, 0.2) is 0 Å². The van der Waals surface area contributed by atoms with E-state index < -0.39 is 10.8 Å². The van der Waals surface area contributed by atoms with Gasteiger partial charge in [0.05, 0.1) is 6.61 Å². The summed E-state index contributed by atoms with van der Waals surface area (Å²) in [5.41, 5.74) is 0. The van der Waals surface area contributed by atoms with E-state index in [1.807, 2.05) is 12.1 Å². The Morgan fingerprint density at radius 2 is 1.82 bits per heavy atom. The lowest BCUT2D eigenvalue weighted by atomic mass is 10.3. The summed E-state index contributed by atoms with van der Waals surface area (Å²) >= 11 is 5.75. The number of aliphatic hydroxyl groups is 1. The van der Waals surface area contributed by atoms with Crippen molar-refractivity contribution in [2.24, 2.45) is 0 Å². The summed E-state index contributed by atoms with van der Waals surface area (Å²) in [6.45, 7) is 0.652. The van der Waals surface area contributed by atoms with Gasteiger partial charge < -0.3 is 9.84 Å². The Labute approximate surface area is 109 Å². The third-order valence-corrected chi connectivity index (χ3v) is 3.87. The fraction of sp³-hybridized carbons (Fsp3) is 0.500. The van der Waals surface area contributed by atoms with Crippen molar-refractivity contribution in [3.8, 4) is 5.75 Å². The van der Waals surface area contributed by atoms with E-state index in [2.05, 4.69) is 0 Å². The van der Waals surface area contributed by atoms with Crippen LogP contribution in [0.2, 0.25) is 5.02 Å². The molecule has 0 saturated heterocycles. The number of halogens is 1. The molecule has 0 aliphatic heterocycles. The predicted molar refractivity (Wildman–Crippen MR) is 71.1 cm³/mol. The Morgan fingerprint density at radius 3 is 2.47 bits per heavy atom. The number of benzene rings is 1. The zero-order valence-electron chi connectivity index (χ0n) is 9.60. The van der Waals surface area contributed by atoms with Gasteiger partial charge in [-0.2, -0.15) is 0 Å². The highest BCUT2D eigenvalue weighted by Crippen LogP contribution is 2.15. The zero-order chi connectivity index (χ0) is 12.5. The largest absolute Gasteiger partial charge is 0.494 e. The van der Waals surface area contributed by atoms with Crippen LogP contribution in [0.3, 0.4) is 0 Å². The first-order valence-electron chi connectivity index (χ1n) is 5.56. The second kappa shape index (κ2) is 8.50. The van der Waals surface area contributed by atoms with E-state index in [-0.39, 0.29) is 6.61 Å². The predicted octanol–water partition coefficient (Wildman–Crippen LogP) is 2.24. The highest BCUT2D eigenvalue weighted by Gasteiger charge is 2.00. The van der Waals surface area contributed by atoms with Crippen molar-refractivity contribution in [3.63, 3.8) is 0 Å². The van der Waals surface area contributed by atoms with Crippen molar-refractivity contribution >= 4 is 22.4 Å². The molecule has 0 saturated carbocycles. The second-order valence-corrected chi connectivity index (χ2v) is 5.71. The Kier molecular flexibility index (Phi) is 7.24. The standard InChI is InChI=1S/C12H17ClO3S/c13-11-3-5-12(6-4-11)16-8-2-10-17(15)9-1-7-14/h3-6,14H,1-2,7-10H2. The summed E-state index contributed by atoms with van der Waals surface area (Å²) in [5, 5.41) is 9.27. The zero-order valence-corrected chi connectivity index (χ0v) is 11.2. The van der Waals surface area contributed by atoms with E-state index in [0.717, 1.165) is 12.2 Å². The molecule has 0 aliphatic carbocycles. The van der Waals surface area contributed by atoms with Gasteiger partial charge in [-0.15, -0.1) is 0 Å². The van der Waals surface area contributed by atoms with Crippen molar-refractivity contribution in [3.05, 3.63) is 29.3 Å². The molecule has 0 fully saturated rings. The molecule has 96 valence electrons. The quantitative estimate of drug-likeness (QED) is 0.741. The summed E-state index contributed by atoms with van der Waals surface area (Å²) in [6.07, 6.45) is 1.35. The number of hydrogen-bond donors (Lipinski definition) is 1. The first-order valence-corrected chi connectivity index (χ1v) is 7.43. The van der Waals surface area contributed by atoms with Crippen molar-refractivity contribution in [2.45, 2.75) is 12.8 Å². The van der Waals surface area contributed by atoms with Gasteiger partial charge >= 0.3 is 0 Å². The summed E-state index contributed by atoms with van der Waals surface area (Å²) in [5.74, 6) is 1.96. The van der Waals surface area contributed by atoms with E-state index >= 15 is 0 Å². The van der Waals surface area contributed by atoms with Crippen molar-refractivity contribution in [1.29, 1.82) is 0 Å². The van der Waals surface area contributed by atoms with Crippen LogP contribution in [0.15, 0.2) is 24.3 Å². The molecule has 0 heterocycles. The van der Waals surface area contributed by atoms with Gasteiger partial charge in [0.2, 0.25) is 0 Å². The molecule has 17 heavy (non-hydrogen) atoms. The fourth-order valence-corrected chi connectivity index (χ4v) is 2.49. The molecule has 0 bridgehead atoms. The van der Waals surface area contributed by atoms with Crippen LogP contribution in [0, 0.1) is 0 Å². The lowest BCUT2D eigenvalue weighted by Crippen LogP contribution is -2.08. The first kappa shape index (κ1) is 14.5. The van der Waals surface area contributed by atoms with Crippen LogP contribution in [0.5, 0.6) is 5.75 Å². The molecule has 1 aromatic carbocycles. The van der Waals surface area contributed by atoms with E-state index in [0.29, 0.717) is 29.6 Å². The maximum absolute atomic E-state index is 11.4. The monoisotopic (exact) mass is 276 g/mol. The Hall–Kier alpha value is -0.580. The third kappa shape index (κ3) is 6.66. The van der Waals surface area contributed by atoms with Crippen LogP contribution >= 0.6 is 11.6 Å². The van der Waals surface area contributed by atoms with Crippen LogP contribution in [0.1, 0.15) is 12.8 Å². The SMILES string of the molecule is O=S(CCCO)CCCOc1ccc(Cl)cc1. The lowest BCUT2D eigenvalue weighted by molar-refractivity contribution is 0.296. The summed E-state index contributed by atoms with van der Waals surface area (Å²) in [7, 11) is -0.843. The normalized spacial score (nSPS) is 12.4. The average molecular weight is 277 g/mol. The van der Waals surface area contributed by atoms with Gasteiger partial charge in [0, 0.05) is 33.9 Å². The molecule has 5 heteroatoms. The van der Waals surface area contributed by atoms with E-state index in [1.54, 1.807) is 12.1 Å². The van der Waals surface area contributed by atoms with Crippen LogP contribution in [-0.2, 0) is 10.8 Å². The minimum absolute atomic E-state index is 0.104. The number of hydrogen-bond acceptors (Lipinski definition) is 3. The molecular weight excluding hydrogens is 260 g/mol. The molecule has 1 aromatic rings. The van der Waals surface area contributed by atoms with Crippen molar-refractivity contribution < 1.29 is 14.1 Å². The molecule has 0 aromatic heterocycles. The van der Waals surface area contributed by atoms with Crippen LogP contribution in [0.4, 0.5) is 0 Å². The maximum Gasteiger partial charge on any atom is 0.119 e. The summed E-state index contributed by atoms with van der Waals surface area (Å²) < 4.78 is 16.9. The van der Waals surface area contributed by atoms with Crippen LogP contribution in [-0.4, -0.2) is 34.0 Å². The molecule has 0 spiro atoms. The van der Waals surface area contributed by atoms with Gasteiger partial charge in [-0.05, 0) is 37.1 Å². The molecule has 0 amide bonds. The Balaban J connectivity index is 2.11. The van der Waals surface area contributed by atoms with E-state index in [4.69, 9.17) is 21.4 Å². The minimum Gasteiger partial charge on any atom is -0.494 e. The number of rotatable bonds is 8. The van der Waals surface area contributed by atoms with Gasteiger partial charge in [0.25, 0.3) is 0 Å². The molecule has 0 aliphatic rings. The van der Waals surface area contributed by atoms with E-state index in [1.165, 1.54) is 0 Å². The van der Waals surface area contributed by atoms with Crippen molar-refractivity contribution in [2.75, 3.05) is 24.7 Å². The van der Waals surface area contributed by atoms with Gasteiger partial charge in [0.1, 0.15) is 5.75 Å². The fourth-order valence-electron chi connectivity index (χ4n) is 1.27. The van der Waals surface area contributed by atoms with Gasteiger partial charge in [-0.3, -0.25) is 4.21 Å². The smallest absolute Gasteiger partial charge is 0.119 e. The van der Waals surface area contributed by atoms with E-state index in [9.17, 15) is 4.21 Å². The van der Waals surface area contributed by atoms with Gasteiger partial charge in [-0.1, -0.05) is 11.6 Å². The van der Waals surface area contributed by atoms with Crippen molar-refractivity contribution in [1.82, 2.24) is 0 Å². The van der Waals surface area contributed by atoms with Crippen LogP contribution < -0.4 is 4.74 Å². The average Bonchev–Trinajstić information content (AvgIpc) is 2.34. The highest BCUT2D eigenvalue weighted by atomic mass is 35.5. The molecule has 1 rings (SSSR count). The molecule has 1 unspecified atom stereocenters. The molecule has 1 N–H and O–H groups in total. The molecular formula is C12H17ClO3S. The summed E-state index contributed by atoms with van der Waals surface area (Å²) in [4.78, 5) is 0. The number of aliphatic hydroxyl groups excluding tert-OH is 1. The second-order valence-electron chi connectivity index (χ2n) is 3.58. The molecule has 3 nitrogen and oxygen atoms in total. The molecule has 0 radical (unpaired) electrons. The lowest BCUT2D eigenvalue weighted by Gasteiger charge is -2.06. The Bertz CT molecular complexity index is 340. The minimum atomic E-state index is -0.843. The Morgan fingerprint density at radius 1 is 1.18 bits per heavy atom. The first-order chi connectivity index (χ1) is 8.22. The number of ether oxygens (including phenoxy) is 1. The highest BCUT2D eigenvalue weighted by molar-refractivity contribution is 7.84. The summed E-state index contributed by atoms with van der Waals surface area (Å²) in [6, 6.07) is 7.17. The maximum atomic E-state index is 11.4. The topological polar surface area (TPSA) is 46.5 Å². The molecule has 1 atom stereocenters. The van der Waals surface area contributed by atoms with Crippen LogP contribution in [0.25, 0.3) is 0 Å².